The Kier molecular flexibility index (Phi) is 6.25. The van der Waals surface area contributed by atoms with Gasteiger partial charge < -0.3 is 15.4 Å². The summed E-state index contributed by atoms with van der Waals surface area (Å²) in [6.45, 7) is 4.74. The fraction of sp³-hybridized carbons (Fsp3) is 0.611. The zero-order valence-electron chi connectivity index (χ0n) is 14.1. The Balaban J connectivity index is 1.80. The first-order valence-electron chi connectivity index (χ1n) is 8.16. The summed E-state index contributed by atoms with van der Waals surface area (Å²) in [4.78, 5) is 4.33. The van der Waals surface area contributed by atoms with Crippen molar-refractivity contribution in [3.05, 3.63) is 35.4 Å². The van der Waals surface area contributed by atoms with Crippen LogP contribution in [0.2, 0.25) is 0 Å². The lowest BCUT2D eigenvalue weighted by Crippen LogP contribution is -2.46. The molecule has 0 amide bonds. The first-order chi connectivity index (χ1) is 10.7. The number of ether oxygens (including phenoxy) is 1. The number of nitrogens with zero attached hydrogens (tertiary/aromatic N) is 1. The molecule has 1 saturated carbocycles. The first kappa shape index (κ1) is 16.8. The van der Waals surface area contributed by atoms with E-state index >= 15 is 0 Å². The smallest absolute Gasteiger partial charge is 0.191 e. The fourth-order valence-electron chi connectivity index (χ4n) is 3.01. The van der Waals surface area contributed by atoms with Crippen LogP contribution in [0.25, 0.3) is 0 Å². The van der Waals surface area contributed by atoms with Gasteiger partial charge in [0.2, 0.25) is 0 Å². The second kappa shape index (κ2) is 8.18. The largest absolute Gasteiger partial charge is 0.385 e. The summed E-state index contributed by atoms with van der Waals surface area (Å²) in [6.07, 6.45) is 5.04. The summed E-state index contributed by atoms with van der Waals surface area (Å²) < 4.78 is 5.25. The molecule has 0 saturated heterocycles. The maximum Gasteiger partial charge on any atom is 0.191 e. The Hall–Kier alpha value is -1.55. The van der Waals surface area contributed by atoms with Gasteiger partial charge in [0, 0.05) is 33.9 Å². The number of hydrogen-bond acceptors (Lipinski definition) is 2. The number of aryl methyl sites for hydroxylation is 1. The highest BCUT2D eigenvalue weighted by atomic mass is 16.5. The third kappa shape index (κ3) is 4.73. The van der Waals surface area contributed by atoms with E-state index in [9.17, 15) is 0 Å². The fourth-order valence-corrected chi connectivity index (χ4v) is 3.01. The highest BCUT2D eigenvalue weighted by molar-refractivity contribution is 5.79. The molecule has 0 aliphatic heterocycles. The third-order valence-corrected chi connectivity index (χ3v) is 4.65. The van der Waals surface area contributed by atoms with E-state index in [0.717, 1.165) is 32.1 Å². The van der Waals surface area contributed by atoms with Crippen LogP contribution in [-0.2, 0) is 11.3 Å². The van der Waals surface area contributed by atoms with Crippen molar-refractivity contribution in [1.82, 2.24) is 10.6 Å². The Morgan fingerprint density at radius 2 is 2.14 bits per heavy atom. The molecule has 0 radical (unpaired) electrons. The molecule has 2 N–H and O–H groups in total. The van der Waals surface area contributed by atoms with Crippen molar-refractivity contribution in [2.75, 3.05) is 27.3 Å². The molecule has 4 nitrogen and oxygen atoms in total. The van der Waals surface area contributed by atoms with Gasteiger partial charge in [-0.2, -0.15) is 0 Å². The Morgan fingerprint density at radius 1 is 1.32 bits per heavy atom. The molecule has 1 aromatic rings. The van der Waals surface area contributed by atoms with Crippen molar-refractivity contribution in [3.8, 4) is 0 Å². The van der Waals surface area contributed by atoms with Crippen molar-refractivity contribution in [2.24, 2.45) is 10.4 Å². The van der Waals surface area contributed by atoms with E-state index in [2.05, 4.69) is 46.8 Å². The van der Waals surface area contributed by atoms with Crippen LogP contribution < -0.4 is 10.6 Å². The summed E-state index contributed by atoms with van der Waals surface area (Å²) >= 11 is 0. The first-order valence-corrected chi connectivity index (χ1v) is 8.16. The average molecular weight is 303 g/mol. The summed E-state index contributed by atoms with van der Waals surface area (Å²) in [5.74, 6) is 0.880. The predicted octanol–water partition coefficient (Wildman–Crippen LogP) is 2.87. The maximum atomic E-state index is 5.25. The quantitative estimate of drug-likeness (QED) is 0.601. The second-order valence-electron chi connectivity index (χ2n) is 6.36. The topological polar surface area (TPSA) is 45.7 Å². The van der Waals surface area contributed by atoms with Gasteiger partial charge in [0.15, 0.2) is 5.96 Å². The normalized spacial score (nSPS) is 17.0. The highest BCUT2D eigenvalue weighted by Crippen LogP contribution is 2.43. The molecule has 2 rings (SSSR count). The molecule has 1 aromatic carbocycles. The lowest BCUT2D eigenvalue weighted by atomic mass is 9.67. The maximum absolute atomic E-state index is 5.25. The van der Waals surface area contributed by atoms with Crippen molar-refractivity contribution in [2.45, 2.75) is 39.2 Å². The van der Waals surface area contributed by atoms with Crippen molar-refractivity contribution < 1.29 is 4.74 Å². The standard InChI is InChI=1S/C18H29N3O/c1-15-6-4-7-16(12-15)13-20-17(19-2)21-14-18(8-5-9-18)10-11-22-3/h4,6-7,12H,5,8-11,13-14H2,1-3H3,(H2,19,20,21). The lowest BCUT2D eigenvalue weighted by molar-refractivity contribution is 0.0732. The molecular formula is C18H29N3O. The second-order valence-corrected chi connectivity index (χ2v) is 6.36. The molecule has 0 spiro atoms. The minimum atomic E-state index is 0.400. The molecular weight excluding hydrogens is 274 g/mol. The van der Waals surface area contributed by atoms with Crippen LogP contribution >= 0.6 is 0 Å². The molecule has 122 valence electrons. The number of methoxy groups -OCH3 is 1. The third-order valence-electron chi connectivity index (χ3n) is 4.65. The molecule has 0 unspecified atom stereocenters. The Labute approximate surface area is 134 Å². The number of nitrogens with one attached hydrogen (secondary N) is 2. The van der Waals surface area contributed by atoms with Gasteiger partial charge in [-0.15, -0.1) is 0 Å². The van der Waals surface area contributed by atoms with Crippen LogP contribution in [0.3, 0.4) is 0 Å². The van der Waals surface area contributed by atoms with E-state index in [4.69, 9.17) is 4.74 Å². The van der Waals surface area contributed by atoms with Gasteiger partial charge in [0.1, 0.15) is 0 Å². The van der Waals surface area contributed by atoms with Crippen molar-refractivity contribution >= 4 is 5.96 Å². The van der Waals surface area contributed by atoms with Gasteiger partial charge in [-0.05, 0) is 37.2 Å². The van der Waals surface area contributed by atoms with Crippen LogP contribution in [-0.4, -0.2) is 33.3 Å². The predicted molar refractivity (Wildman–Crippen MR) is 92.2 cm³/mol. The summed E-state index contributed by atoms with van der Waals surface area (Å²) in [6, 6.07) is 8.55. The van der Waals surface area contributed by atoms with E-state index in [0.29, 0.717) is 5.41 Å². The van der Waals surface area contributed by atoms with Gasteiger partial charge in [0.05, 0.1) is 0 Å². The van der Waals surface area contributed by atoms with Crippen LogP contribution in [0.4, 0.5) is 0 Å². The van der Waals surface area contributed by atoms with Gasteiger partial charge in [-0.25, -0.2) is 0 Å². The van der Waals surface area contributed by atoms with E-state index < -0.39 is 0 Å². The minimum absolute atomic E-state index is 0.400. The van der Waals surface area contributed by atoms with E-state index in [1.807, 2.05) is 7.05 Å². The number of aliphatic imine (C=N–C) groups is 1. The van der Waals surface area contributed by atoms with Gasteiger partial charge in [0.25, 0.3) is 0 Å². The summed E-state index contributed by atoms with van der Waals surface area (Å²) in [5, 5.41) is 6.89. The van der Waals surface area contributed by atoms with Gasteiger partial charge >= 0.3 is 0 Å². The molecule has 0 bridgehead atoms. The molecule has 1 aliphatic rings. The number of guanidine groups is 1. The van der Waals surface area contributed by atoms with Crippen LogP contribution in [0, 0.1) is 12.3 Å². The number of benzene rings is 1. The molecule has 0 aromatic heterocycles. The van der Waals surface area contributed by atoms with Crippen molar-refractivity contribution in [3.63, 3.8) is 0 Å². The van der Waals surface area contributed by atoms with Gasteiger partial charge in [-0.3, -0.25) is 4.99 Å². The SMILES string of the molecule is CN=C(NCc1cccc(C)c1)NCC1(CCOC)CCC1. The molecule has 0 heterocycles. The molecule has 0 atom stereocenters. The zero-order valence-corrected chi connectivity index (χ0v) is 14.1. The Bertz CT molecular complexity index is 495. The van der Waals surface area contributed by atoms with E-state index in [-0.39, 0.29) is 0 Å². The van der Waals surface area contributed by atoms with Crippen LogP contribution in [0.15, 0.2) is 29.3 Å². The molecule has 1 fully saturated rings. The number of hydrogen-bond donors (Lipinski definition) is 2. The summed E-state index contributed by atoms with van der Waals surface area (Å²) in [7, 11) is 3.61. The monoisotopic (exact) mass is 303 g/mol. The average Bonchev–Trinajstić information content (AvgIpc) is 2.48. The minimum Gasteiger partial charge on any atom is -0.385 e. The molecule has 22 heavy (non-hydrogen) atoms. The zero-order chi connectivity index (χ0) is 15.8. The molecule has 4 heteroatoms. The van der Waals surface area contributed by atoms with Crippen molar-refractivity contribution in [1.29, 1.82) is 0 Å². The van der Waals surface area contributed by atoms with E-state index in [1.165, 1.54) is 30.4 Å². The van der Waals surface area contributed by atoms with Gasteiger partial charge in [-0.1, -0.05) is 36.2 Å². The highest BCUT2D eigenvalue weighted by Gasteiger charge is 2.36. The van der Waals surface area contributed by atoms with E-state index in [1.54, 1.807) is 7.11 Å². The molecule has 1 aliphatic carbocycles. The summed E-state index contributed by atoms with van der Waals surface area (Å²) in [5.41, 5.74) is 2.97. The Morgan fingerprint density at radius 3 is 2.73 bits per heavy atom. The van der Waals surface area contributed by atoms with Crippen LogP contribution in [0.1, 0.15) is 36.8 Å². The lowest BCUT2D eigenvalue weighted by Gasteiger charge is -2.42. The number of rotatable bonds is 7. The van der Waals surface area contributed by atoms with Crippen LogP contribution in [0.5, 0.6) is 0 Å².